The molecule has 0 spiro atoms. The molecule has 0 saturated carbocycles. The van der Waals surface area contributed by atoms with E-state index in [1.807, 2.05) is 12.1 Å². The quantitative estimate of drug-likeness (QED) is 0.736. The van der Waals surface area contributed by atoms with Crippen LogP contribution < -0.4 is 0 Å². The van der Waals surface area contributed by atoms with Crippen molar-refractivity contribution in [3.05, 3.63) is 48.0 Å². The molecule has 2 atom stereocenters. The van der Waals surface area contributed by atoms with E-state index in [4.69, 9.17) is 10.2 Å². The van der Waals surface area contributed by atoms with Gasteiger partial charge in [0, 0.05) is 13.2 Å². The van der Waals surface area contributed by atoms with Crippen molar-refractivity contribution < 1.29 is 10.2 Å². The number of aliphatic hydroxyl groups excluding tert-OH is 2. The number of hydrogen-bond donors (Lipinski definition) is 2. The minimum absolute atomic E-state index is 0.274. The van der Waals surface area contributed by atoms with Crippen LogP contribution in [-0.4, -0.2) is 23.4 Å². The van der Waals surface area contributed by atoms with Crippen molar-refractivity contribution in [1.82, 2.24) is 0 Å². The second-order valence-corrected chi connectivity index (χ2v) is 5.23. The van der Waals surface area contributed by atoms with E-state index < -0.39 is 0 Å². The van der Waals surface area contributed by atoms with Gasteiger partial charge in [-0.3, -0.25) is 0 Å². The van der Waals surface area contributed by atoms with Gasteiger partial charge >= 0.3 is 0 Å². The van der Waals surface area contributed by atoms with Crippen LogP contribution in [0.4, 0.5) is 0 Å². The first kappa shape index (κ1) is 18.9. The van der Waals surface area contributed by atoms with Gasteiger partial charge in [-0.1, -0.05) is 63.3 Å². The van der Waals surface area contributed by atoms with Crippen LogP contribution in [0.15, 0.2) is 42.5 Å². The molecular formula is C18H30O2. The van der Waals surface area contributed by atoms with Gasteiger partial charge in [0.2, 0.25) is 0 Å². The first-order valence-corrected chi connectivity index (χ1v) is 7.57. The normalized spacial score (nSPS) is 13.7. The van der Waals surface area contributed by atoms with Crippen LogP contribution in [0.1, 0.15) is 51.5 Å². The topological polar surface area (TPSA) is 40.5 Å². The van der Waals surface area contributed by atoms with Crippen LogP contribution in [-0.2, 0) is 0 Å². The van der Waals surface area contributed by atoms with Crippen molar-refractivity contribution >= 4 is 0 Å². The van der Waals surface area contributed by atoms with E-state index in [2.05, 4.69) is 51.1 Å². The van der Waals surface area contributed by atoms with Crippen LogP contribution >= 0.6 is 0 Å². The number of rotatable bonds is 7. The predicted octanol–water partition coefficient (Wildman–Crippen LogP) is 4.14. The SMILES string of the molecule is CC(CO)CC(C)c1ccccc1.CCC=CCCO. The average Bonchev–Trinajstić information content (AvgIpc) is 2.49. The Morgan fingerprint density at radius 1 is 1.05 bits per heavy atom. The summed E-state index contributed by atoms with van der Waals surface area (Å²) in [6.07, 6.45) is 6.96. The first-order valence-electron chi connectivity index (χ1n) is 7.57. The summed E-state index contributed by atoms with van der Waals surface area (Å²) in [7, 11) is 0. The number of allylic oxidation sites excluding steroid dienone is 1. The van der Waals surface area contributed by atoms with E-state index in [0.29, 0.717) is 11.8 Å². The summed E-state index contributed by atoms with van der Waals surface area (Å²) < 4.78 is 0. The largest absolute Gasteiger partial charge is 0.396 e. The molecule has 114 valence electrons. The molecule has 1 rings (SSSR count). The maximum atomic E-state index is 8.93. The number of hydrogen-bond acceptors (Lipinski definition) is 2. The fourth-order valence-electron chi connectivity index (χ4n) is 1.95. The van der Waals surface area contributed by atoms with Gasteiger partial charge in [-0.2, -0.15) is 0 Å². The fourth-order valence-corrected chi connectivity index (χ4v) is 1.95. The van der Waals surface area contributed by atoms with Crippen LogP contribution in [0.25, 0.3) is 0 Å². The van der Waals surface area contributed by atoms with Crippen molar-refractivity contribution in [2.24, 2.45) is 5.92 Å². The van der Waals surface area contributed by atoms with E-state index >= 15 is 0 Å². The maximum Gasteiger partial charge on any atom is 0.0465 e. The predicted molar refractivity (Wildman–Crippen MR) is 86.9 cm³/mol. The Kier molecular flexibility index (Phi) is 12.2. The Labute approximate surface area is 124 Å². The minimum atomic E-state index is 0.274. The van der Waals surface area contributed by atoms with Crippen molar-refractivity contribution in [3.63, 3.8) is 0 Å². The molecular weight excluding hydrogens is 248 g/mol. The molecule has 0 fully saturated rings. The second kappa shape index (κ2) is 12.9. The lowest BCUT2D eigenvalue weighted by molar-refractivity contribution is 0.225. The third-order valence-electron chi connectivity index (χ3n) is 3.13. The Morgan fingerprint density at radius 3 is 2.20 bits per heavy atom. The highest BCUT2D eigenvalue weighted by molar-refractivity contribution is 5.18. The first-order chi connectivity index (χ1) is 9.65. The minimum Gasteiger partial charge on any atom is -0.396 e. The smallest absolute Gasteiger partial charge is 0.0465 e. The maximum absolute atomic E-state index is 8.93. The fraction of sp³-hybridized carbons (Fsp3) is 0.556. The Balaban J connectivity index is 0.000000441. The summed E-state index contributed by atoms with van der Waals surface area (Å²) in [5, 5.41) is 17.2. The van der Waals surface area contributed by atoms with Crippen molar-refractivity contribution in [2.75, 3.05) is 13.2 Å². The van der Waals surface area contributed by atoms with Crippen molar-refractivity contribution in [1.29, 1.82) is 0 Å². The van der Waals surface area contributed by atoms with E-state index in [1.165, 1.54) is 5.56 Å². The summed E-state index contributed by atoms with van der Waals surface area (Å²) in [4.78, 5) is 0. The molecule has 20 heavy (non-hydrogen) atoms. The Morgan fingerprint density at radius 2 is 1.70 bits per heavy atom. The molecule has 0 aliphatic carbocycles. The molecule has 0 aliphatic rings. The highest BCUT2D eigenvalue weighted by Gasteiger charge is 2.08. The lowest BCUT2D eigenvalue weighted by Crippen LogP contribution is -2.05. The third-order valence-corrected chi connectivity index (χ3v) is 3.13. The molecule has 0 aliphatic heterocycles. The molecule has 0 aromatic heterocycles. The zero-order valence-corrected chi connectivity index (χ0v) is 13.1. The number of benzene rings is 1. The Hall–Kier alpha value is -1.12. The standard InChI is InChI=1S/C12H18O.C6H12O/c1-10(9-13)8-11(2)12-6-4-3-5-7-12;1-2-3-4-5-6-7/h3-7,10-11,13H,8-9H2,1-2H3;3-4,7H,2,5-6H2,1H3. The molecule has 1 aromatic rings. The summed E-state index contributed by atoms with van der Waals surface area (Å²) in [6, 6.07) is 10.5. The van der Waals surface area contributed by atoms with Crippen LogP contribution in [0, 0.1) is 5.92 Å². The summed E-state index contributed by atoms with van der Waals surface area (Å²) in [6.45, 7) is 6.93. The summed E-state index contributed by atoms with van der Waals surface area (Å²) in [5.41, 5.74) is 1.36. The molecule has 2 nitrogen and oxygen atoms in total. The van der Waals surface area contributed by atoms with Crippen LogP contribution in [0.5, 0.6) is 0 Å². The van der Waals surface area contributed by atoms with E-state index in [9.17, 15) is 0 Å². The van der Waals surface area contributed by atoms with Crippen molar-refractivity contribution in [2.45, 2.75) is 46.0 Å². The zero-order valence-electron chi connectivity index (χ0n) is 13.1. The second-order valence-electron chi connectivity index (χ2n) is 5.23. The van der Waals surface area contributed by atoms with Gasteiger partial charge < -0.3 is 10.2 Å². The van der Waals surface area contributed by atoms with Gasteiger partial charge in [-0.15, -0.1) is 0 Å². The van der Waals surface area contributed by atoms with E-state index in [1.54, 1.807) is 0 Å². The van der Waals surface area contributed by atoms with Crippen LogP contribution in [0.3, 0.4) is 0 Å². The molecule has 0 radical (unpaired) electrons. The van der Waals surface area contributed by atoms with Gasteiger partial charge in [-0.25, -0.2) is 0 Å². The average molecular weight is 278 g/mol. The lowest BCUT2D eigenvalue weighted by atomic mass is 9.92. The molecule has 2 unspecified atom stereocenters. The molecule has 0 heterocycles. The Bertz CT molecular complexity index is 333. The number of aliphatic hydroxyl groups is 2. The summed E-state index contributed by atoms with van der Waals surface area (Å²) in [5.74, 6) is 0.943. The summed E-state index contributed by atoms with van der Waals surface area (Å²) >= 11 is 0. The molecule has 0 bridgehead atoms. The molecule has 0 saturated heterocycles. The van der Waals surface area contributed by atoms with Gasteiger partial charge in [0.1, 0.15) is 0 Å². The third kappa shape index (κ3) is 9.76. The molecule has 2 heteroatoms. The van der Waals surface area contributed by atoms with Gasteiger partial charge in [-0.05, 0) is 36.7 Å². The highest BCUT2D eigenvalue weighted by Crippen LogP contribution is 2.22. The van der Waals surface area contributed by atoms with Gasteiger partial charge in [0.25, 0.3) is 0 Å². The van der Waals surface area contributed by atoms with Gasteiger partial charge in [0.15, 0.2) is 0 Å². The molecule has 1 aromatic carbocycles. The molecule has 2 N–H and O–H groups in total. The van der Waals surface area contributed by atoms with Gasteiger partial charge in [0.05, 0.1) is 0 Å². The lowest BCUT2D eigenvalue weighted by Gasteiger charge is -2.15. The molecule has 0 amide bonds. The van der Waals surface area contributed by atoms with E-state index in [-0.39, 0.29) is 13.2 Å². The van der Waals surface area contributed by atoms with Crippen LogP contribution in [0.2, 0.25) is 0 Å². The van der Waals surface area contributed by atoms with E-state index in [0.717, 1.165) is 19.3 Å². The van der Waals surface area contributed by atoms with Crippen molar-refractivity contribution in [3.8, 4) is 0 Å². The highest BCUT2D eigenvalue weighted by atomic mass is 16.3. The zero-order chi connectivity index (χ0) is 15.2. The monoisotopic (exact) mass is 278 g/mol.